The second kappa shape index (κ2) is 6.65. The van der Waals surface area contributed by atoms with Gasteiger partial charge in [-0.2, -0.15) is 5.10 Å². The van der Waals surface area contributed by atoms with Gasteiger partial charge in [0.15, 0.2) is 11.5 Å². The molecule has 0 atom stereocenters. The average molecular weight is 342 g/mol. The first-order chi connectivity index (χ1) is 11.8. The van der Waals surface area contributed by atoms with Gasteiger partial charge in [0, 0.05) is 4.88 Å². The van der Waals surface area contributed by atoms with Crippen molar-refractivity contribution in [3.8, 4) is 11.5 Å². The fraction of sp³-hybridized carbons (Fsp3) is 0.333. The lowest BCUT2D eigenvalue weighted by molar-refractivity contribution is 0.0959. The molecule has 0 bridgehead atoms. The quantitative estimate of drug-likeness (QED) is 0.688. The highest BCUT2D eigenvalue weighted by atomic mass is 32.1. The monoisotopic (exact) mass is 342 g/mol. The maximum Gasteiger partial charge on any atom is 0.281 e. The fourth-order valence-electron chi connectivity index (χ4n) is 2.96. The average Bonchev–Trinajstić information content (AvgIpc) is 3.06. The Morgan fingerprint density at radius 1 is 1.12 bits per heavy atom. The van der Waals surface area contributed by atoms with Gasteiger partial charge in [-0.1, -0.05) is 0 Å². The predicted molar refractivity (Wildman–Crippen MR) is 93.5 cm³/mol. The molecule has 24 heavy (non-hydrogen) atoms. The van der Waals surface area contributed by atoms with E-state index in [9.17, 15) is 4.79 Å². The van der Waals surface area contributed by atoms with Crippen LogP contribution in [0.2, 0.25) is 0 Å². The van der Waals surface area contributed by atoms with E-state index in [0.717, 1.165) is 29.0 Å². The van der Waals surface area contributed by atoms with Crippen LogP contribution in [0.4, 0.5) is 0 Å². The molecule has 1 aromatic heterocycles. The molecule has 0 unspecified atom stereocenters. The van der Waals surface area contributed by atoms with Crippen LogP contribution in [0.25, 0.3) is 0 Å². The second-order valence-electron chi connectivity index (χ2n) is 5.87. The summed E-state index contributed by atoms with van der Waals surface area (Å²) in [5.41, 5.74) is 4.78. The first kappa shape index (κ1) is 15.2. The summed E-state index contributed by atoms with van der Waals surface area (Å²) in [6.07, 6.45) is 6.22. The van der Waals surface area contributed by atoms with E-state index in [1.54, 1.807) is 17.6 Å². The zero-order chi connectivity index (χ0) is 16.4. The molecule has 2 aliphatic rings. The summed E-state index contributed by atoms with van der Waals surface area (Å²) >= 11 is 1.59. The van der Waals surface area contributed by atoms with Crippen LogP contribution in [0.3, 0.4) is 0 Å². The van der Waals surface area contributed by atoms with Gasteiger partial charge in [-0.05, 0) is 61.1 Å². The summed E-state index contributed by atoms with van der Waals surface area (Å²) in [4.78, 5) is 14.3. The van der Waals surface area contributed by atoms with Crippen LogP contribution in [0, 0.1) is 0 Å². The minimum absolute atomic E-state index is 0.150. The van der Waals surface area contributed by atoms with Gasteiger partial charge in [-0.25, -0.2) is 5.43 Å². The Labute approximate surface area is 144 Å². The van der Waals surface area contributed by atoms with E-state index in [0.29, 0.717) is 19.0 Å². The number of thiophene rings is 1. The van der Waals surface area contributed by atoms with E-state index in [4.69, 9.17) is 9.47 Å². The number of rotatable bonds is 3. The molecule has 1 amide bonds. The molecule has 1 aromatic carbocycles. The van der Waals surface area contributed by atoms with Crippen LogP contribution >= 0.6 is 11.3 Å². The number of nitrogens with one attached hydrogen (secondary N) is 1. The topological polar surface area (TPSA) is 59.9 Å². The third kappa shape index (κ3) is 3.14. The normalized spacial score (nSPS) is 16.0. The summed E-state index contributed by atoms with van der Waals surface area (Å²) in [5, 5.41) is 4.06. The first-order valence-corrected chi connectivity index (χ1v) is 8.96. The highest BCUT2D eigenvalue weighted by Crippen LogP contribution is 2.31. The number of fused-ring (bicyclic) bond motifs is 2. The highest BCUT2D eigenvalue weighted by Gasteiger charge is 2.17. The maximum atomic E-state index is 12.2. The Hall–Kier alpha value is -2.34. The molecule has 2 aromatic rings. The zero-order valence-corrected chi connectivity index (χ0v) is 14.0. The first-order valence-electron chi connectivity index (χ1n) is 8.14. The van der Waals surface area contributed by atoms with Crippen molar-refractivity contribution in [1.82, 2.24) is 5.43 Å². The molecular weight excluding hydrogens is 324 g/mol. The van der Waals surface area contributed by atoms with Gasteiger partial charge in [-0.15, -0.1) is 11.3 Å². The molecule has 1 aliphatic heterocycles. The molecule has 1 N–H and O–H groups in total. The molecule has 2 heterocycles. The minimum atomic E-state index is -0.150. The van der Waals surface area contributed by atoms with Crippen LogP contribution in [-0.4, -0.2) is 25.3 Å². The standard InChI is InChI=1S/C18H18N2O3S/c21-18(17-10-13-3-1-2-4-16(13)24-17)20-19-11-12-5-6-14-15(9-12)23-8-7-22-14/h5-6,9-11H,1-4,7-8H2,(H,20,21)/b19-11-. The maximum absolute atomic E-state index is 12.2. The van der Waals surface area contributed by atoms with Gasteiger partial charge in [0.05, 0.1) is 11.1 Å². The van der Waals surface area contributed by atoms with Crippen LogP contribution in [0.15, 0.2) is 29.4 Å². The number of hydrogen-bond acceptors (Lipinski definition) is 5. The number of aryl methyl sites for hydroxylation is 2. The lowest BCUT2D eigenvalue weighted by atomic mass is 9.99. The van der Waals surface area contributed by atoms with Crippen molar-refractivity contribution in [2.24, 2.45) is 5.10 Å². The molecule has 1 aliphatic carbocycles. The van der Waals surface area contributed by atoms with Crippen LogP contribution < -0.4 is 14.9 Å². The van der Waals surface area contributed by atoms with Crippen molar-refractivity contribution in [3.63, 3.8) is 0 Å². The number of hydrazone groups is 1. The van der Waals surface area contributed by atoms with Gasteiger partial charge in [-0.3, -0.25) is 4.79 Å². The SMILES string of the molecule is O=C(N/N=C\c1ccc2c(c1)OCCO2)c1cc2c(s1)CCCC2. The summed E-state index contributed by atoms with van der Waals surface area (Å²) in [5.74, 6) is 1.30. The van der Waals surface area contributed by atoms with Gasteiger partial charge >= 0.3 is 0 Å². The van der Waals surface area contributed by atoms with E-state index in [2.05, 4.69) is 10.5 Å². The summed E-state index contributed by atoms with van der Waals surface area (Å²) in [6, 6.07) is 7.60. The van der Waals surface area contributed by atoms with Gasteiger partial charge in [0.2, 0.25) is 0 Å². The number of nitrogens with zero attached hydrogens (tertiary/aromatic N) is 1. The second-order valence-corrected chi connectivity index (χ2v) is 7.01. The molecule has 4 rings (SSSR count). The van der Waals surface area contributed by atoms with E-state index in [1.165, 1.54) is 23.3 Å². The Kier molecular flexibility index (Phi) is 4.21. The minimum Gasteiger partial charge on any atom is -0.486 e. The number of benzene rings is 1. The molecular formula is C18H18N2O3S. The van der Waals surface area contributed by atoms with Crippen LogP contribution in [0.1, 0.15) is 38.5 Å². The van der Waals surface area contributed by atoms with Gasteiger partial charge in [0.1, 0.15) is 13.2 Å². The van der Waals surface area contributed by atoms with E-state index in [1.807, 2.05) is 24.3 Å². The Morgan fingerprint density at radius 2 is 1.96 bits per heavy atom. The lowest BCUT2D eigenvalue weighted by Gasteiger charge is -2.18. The zero-order valence-electron chi connectivity index (χ0n) is 13.2. The van der Waals surface area contributed by atoms with Crippen molar-refractivity contribution >= 4 is 23.5 Å². The molecule has 0 saturated heterocycles. The number of hydrogen-bond donors (Lipinski definition) is 1. The van der Waals surface area contributed by atoms with Crippen molar-refractivity contribution in [3.05, 3.63) is 45.1 Å². The number of carbonyl (C=O) groups excluding carboxylic acids is 1. The fourth-order valence-corrected chi connectivity index (χ4v) is 4.11. The van der Waals surface area contributed by atoms with E-state index in [-0.39, 0.29) is 5.91 Å². The van der Waals surface area contributed by atoms with E-state index < -0.39 is 0 Å². The van der Waals surface area contributed by atoms with E-state index >= 15 is 0 Å². The molecule has 0 radical (unpaired) electrons. The molecule has 6 heteroatoms. The van der Waals surface area contributed by atoms with Crippen molar-refractivity contribution in [1.29, 1.82) is 0 Å². The van der Waals surface area contributed by atoms with Crippen molar-refractivity contribution < 1.29 is 14.3 Å². The number of ether oxygens (including phenoxy) is 2. The van der Waals surface area contributed by atoms with Crippen molar-refractivity contribution in [2.75, 3.05) is 13.2 Å². The van der Waals surface area contributed by atoms with Crippen LogP contribution in [0.5, 0.6) is 11.5 Å². The molecule has 0 spiro atoms. The van der Waals surface area contributed by atoms with Gasteiger partial charge in [0.25, 0.3) is 5.91 Å². The molecule has 0 saturated carbocycles. The highest BCUT2D eigenvalue weighted by molar-refractivity contribution is 7.14. The third-order valence-corrected chi connectivity index (χ3v) is 5.40. The Bertz CT molecular complexity index is 774. The smallest absolute Gasteiger partial charge is 0.281 e. The van der Waals surface area contributed by atoms with Crippen LogP contribution in [-0.2, 0) is 12.8 Å². The summed E-state index contributed by atoms with van der Waals surface area (Å²) < 4.78 is 11.0. The lowest BCUT2D eigenvalue weighted by Crippen LogP contribution is -2.16. The number of carbonyl (C=O) groups is 1. The largest absolute Gasteiger partial charge is 0.486 e. The Balaban J connectivity index is 1.41. The molecule has 124 valence electrons. The number of amides is 1. The predicted octanol–water partition coefficient (Wildman–Crippen LogP) is 3.16. The molecule has 5 nitrogen and oxygen atoms in total. The van der Waals surface area contributed by atoms with Gasteiger partial charge < -0.3 is 9.47 Å². The molecule has 0 fully saturated rings. The summed E-state index contributed by atoms with van der Waals surface area (Å²) in [7, 11) is 0. The third-order valence-electron chi connectivity index (χ3n) is 4.17. The summed E-state index contributed by atoms with van der Waals surface area (Å²) in [6.45, 7) is 1.12. The van der Waals surface area contributed by atoms with Crippen molar-refractivity contribution in [2.45, 2.75) is 25.7 Å². The Morgan fingerprint density at radius 3 is 2.83 bits per heavy atom.